The van der Waals surface area contributed by atoms with Gasteiger partial charge in [-0.1, -0.05) is 12.1 Å². The predicted molar refractivity (Wildman–Crippen MR) is 135 cm³/mol. The van der Waals surface area contributed by atoms with Crippen molar-refractivity contribution in [3.63, 3.8) is 0 Å². The van der Waals surface area contributed by atoms with Crippen LogP contribution < -0.4 is 10.1 Å². The molecule has 1 atom stereocenters. The summed E-state index contributed by atoms with van der Waals surface area (Å²) in [5, 5.41) is 11.7. The molecule has 0 fully saturated rings. The molecule has 9 nitrogen and oxygen atoms in total. The van der Waals surface area contributed by atoms with Crippen molar-refractivity contribution in [1.82, 2.24) is 14.8 Å². The fourth-order valence-electron chi connectivity index (χ4n) is 4.63. The van der Waals surface area contributed by atoms with E-state index in [-0.39, 0.29) is 18.3 Å². The number of esters is 1. The summed E-state index contributed by atoms with van der Waals surface area (Å²) in [5.41, 5.74) is 4.37. The summed E-state index contributed by atoms with van der Waals surface area (Å²) in [6, 6.07) is 11.1. The molecule has 0 saturated heterocycles. The number of aryl methyl sites for hydroxylation is 2. The molecule has 36 heavy (non-hydrogen) atoms. The standard InChI is InChI=1S/C27H29N5O4/c1-15-30-31-26-21(14-24(34)36-27(2,3)4)29-25(19-13-18(35-5)9-10-22(19)32(15)26)17-7-6-16-8-11-23(33)28-20(16)12-17/h6-7,9-10,12-13,21H,8,11,14H2,1-5H3,(H,28,33)/t21-/m0/s1. The van der Waals surface area contributed by atoms with Gasteiger partial charge in [-0.05, 0) is 63.9 Å². The summed E-state index contributed by atoms with van der Waals surface area (Å²) in [7, 11) is 1.62. The number of rotatable bonds is 4. The topological polar surface area (TPSA) is 108 Å². The molecule has 0 bridgehead atoms. The molecular weight excluding hydrogens is 458 g/mol. The molecular formula is C27H29N5O4. The monoisotopic (exact) mass is 487 g/mol. The lowest BCUT2D eigenvalue weighted by molar-refractivity contribution is -0.155. The number of hydrogen-bond donors (Lipinski definition) is 1. The predicted octanol–water partition coefficient (Wildman–Crippen LogP) is 4.09. The Bertz CT molecular complexity index is 1400. The van der Waals surface area contributed by atoms with Gasteiger partial charge in [0.25, 0.3) is 0 Å². The van der Waals surface area contributed by atoms with Gasteiger partial charge in [0.1, 0.15) is 23.2 Å². The minimum Gasteiger partial charge on any atom is -0.497 e. The molecule has 2 aliphatic heterocycles. The molecule has 2 aromatic carbocycles. The molecule has 2 aliphatic rings. The van der Waals surface area contributed by atoms with Crippen molar-refractivity contribution in [2.24, 2.45) is 4.99 Å². The molecule has 1 aromatic heterocycles. The van der Waals surface area contributed by atoms with E-state index in [1.807, 2.05) is 68.7 Å². The molecule has 0 aliphatic carbocycles. The Morgan fingerprint density at radius 3 is 2.69 bits per heavy atom. The lowest BCUT2D eigenvalue weighted by Gasteiger charge is -2.21. The van der Waals surface area contributed by atoms with E-state index in [4.69, 9.17) is 14.5 Å². The first kappa shape index (κ1) is 23.7. The van der Waals surface area contributed by atoms with Crippen LogP contribution in [0.5, 0.6) is 5.75 Å². The highest BCUT2D eigenvalue weighted by atomic mass is 16.6. The molecule has 3 aromatic rings. The van der Waals surface area contributed by atoms with Crippen LogP contribution in [0.15, 0.2) is 41.4 Å². The van der Waals surface area contributed by atoms with E-state index >= 15 is 0 Å². The normalized spacial score (nSPS) is 16.6. The zero-order chi connectivity index (χ0) is 25.6. The van der Waals surface area contributed by atoms with E-state index in [1.165, 1.54) is 0 Å². The van der Waals surface area contributed by atoms with Gasteiger partial charge < -0.3 is 14.8 Å². The number of nitrogens with zero attached hydrogens (tertiary/aromatic N) is 4. The van der Waals surface area contributed by atoms with Crippen molar-refractivity contribution in [3.8, 4) is 11.4 Å². The van der Waals surface area contributed by atoms with E-state index in [1.54, 1.807) is 7.11 Å². The van der Waals surface area contributed by atoms with Gasteiger partial charge in [0.2, 0.25) is 5.91 Å². The molecule has 1 N–H and O–H groups in total. The third-order valence-electron chi connectivity index (χ3n) is 6.19. The maximum atomic E-state index is 12.9. The van der Waals surface area contributed by atoms with Crippen LogP contribution in [0.4, 0.5) is 5.69 Å². The Kier molecular flexibility index (Phi) is 5.86. The molecule has 0 spiro atoms. The second-order valence-corrected chi connectivity index (χ2v) is 10.0. The van der Waals surface area contributed by atoms with Crippen LogP contribution in [0, 0.1) is 6.92 Å². The Balaban J connectivity index is 1.69. The molecule has 0 saturated carbocycles. The van der Waals surface area contributed by atoms with Crippen molar-refractivity contribution in [3.05, 3.63) is 64.7 Å². The zero-order valence-electron chi connectivity index (χ0n) is 21.1. The van der Waals surface area contributed by atoms with E-state index < -0.39 is 11.6 Å². The number of aromatic nitrogens is 3. The number of nitrogens with one attached hydrogen (secondary N) is 1. The summed E-state index contributed by atoms with van der Waals surface area (Å²) in [4.78, 5) is 30.0. The Morgan fingerprint density at radius 2 is 1.94 bits per heavy atom. The highest BCUT2D eigenvalue weighted by Crippen LogP contribution is 2.35. The zero-order valence-corrected chi connectivity index (χ0v) is 21.1. The number of fused-ring (bicyclic) bond motifs is 4. The average molecular weight is 488 g/mol. The molecule has 3 heterocycles. The van der Waals surface area contributed by atoms with E-state index in [0.29, 0.717) is 36.0 Å². The summed E-state index contributed by atoms with van der Waals surface area (Å²) < 4.78 is 13.1. The lowest BCUT2D eigenvalue weighted by Crippen LogP contribution is -2.25. The van der Waals surface area contributed by atoms with Crippen molar-refractivity contribution in [2.75, 3.05) is 12.4 Å². The maximum absolute atomic E-state index is 12.9. The van der Waals surface area contributed by atoms with Crippen LogP contribution in [0.1, 0.15) is 68.0 Å². The Morgan fingerprint density at radius 1 is 1.14 bits per heavy atom. The van der Waals surface area contributed by atoms with Gasteiger partial charge in [-0.15, -0.1) is 10.2 Å². The third-order valence-corrected chi connectivity index (χ3v) is 6.19. The third kappa shape index (κ3) is 4.48. The van der Waals surface area contributed by atoms with Crippen LogP contribution in [-0.4, -0.2) is 45.1 Å². The number of methoxy groups -OCH3 is 1. The molecule has 0 radical (unpaired) electrons. The molecule has 0 unspecified atom stereocenters. The molecule has 5 rings (SSSR count). The van der Waals surface area contributed by atoms with E-state index in [2.05, 4.69) is 15.5 Å². The molecule has 1 amide bonds. The summed E-state index contributed by atoms with van der Waals surface area (Å²) >= 11 is 0. The van der Waals surface area contributed by atoms with Crippen LogP contribution in [0.3, 0.4) is 0 Å². The van der Waals surface area contributed by atoms with Crippen LogP contribution >= 0.6 is 0 Å². The van der Waals surface area contributed by atoms with Crippen LogP contribution in [-0.2, 0) is 20.7 Å². The number of aliphatic imine (C=N–C) groups is 1. The van der Waals surface area contributed by atoms with Gasteiger partial charge >= 0.3 is 5.97 Å². The largest absolute Gasteiger partial charge is 0.497 e. The van der Waals surface area contributed by atoms with Crippen molar-refractivity contribution in [1.29, 1.82) is 0 Å². The quantitative estimate of drug-likeness (QED) is 0.556. The SMILES string of the molecule is COc1ccc2c(c1)C(c1ccc3c(c1)NC(=O)CC3)=N[C@@H](CC(=O)OC(C)(C)C)c1nnc(C)n1-2. The van der Waals surface area contributed by atoms with Gasteiger partial charge in [0.05, 0.1) is 24.9 Å². The van der Waals surface area contributed by atoms with Gasteiger partial charge in [-0.25, -0.2) is 0 Å². The van der Waals surface area contributed by atoms with Crippen molar-refractivity contribution >= 4 is 23.3 Å². The molecule has 9 heteroatoms. The Labute approximate surface area is 209 Å². The number of amides is 1. The first-order valence-electron chi connectivity index (χ1n) is 12.0. The van der Waals surface area contributed by atoms with Gasteiger partial charge in [0, 0.05) is 23.2 Å². The van der Waals surface area contributed by atoms with Gasteiger partial charge in [-0.3, -0.25) is 19.1 Å². The van der Waals surface area contributed by atoms with Gasteiger partial charge in [-0.2, -0.15) is 0 Å². The number of benzene rings is 2. The number of ether oxygens (including phenoxy) is 2. The summed E-state index contributed by atoms with van der Waals surface area (Å²) in [5.74, 6) is 1.54. The maximum Gasteiger partial charge on any atom is 0.308 e. The smallest absolute Gasteiger partial charge is 0.308 e. The van der Waals surface area contributed by atoms with Crippen LogP contribution in [0.25, 0.3) is 5.69 Å². The lowest BCUT2D eigenvalue weighted by atomic mass is 9.95. The van der Waals surface area contributed by atoms with Crippen molar-refractivity contribution in [2.45, 2.75) is 58.6 Å². The number of anilines is 1. The second-order valence-electron chi connectivity index (χ2n) is 10.0. The van der Waals surface area contributed by atoms with Gasteiger partial charge in [0.15, 0.2) is 5.82 Å². The summed E-state index contributed by atoms with van der Waals surface area (Å²) in [6.45, 7) is 7.38. The van der Waals surface area contributed by atoms with Crippen LogP contribution in [0.2, 0.25) is 0 Å². The first-order valence-corrected chi connectivity index (χ1v) is 12.0. The average Bonchev–Trinajstić information content (AvgIpc) is 3.14. The Hall–Kier alpha value is -4.01. The minimum atomic E-state index is -0.625. The minimum absolute atomic E-state index is 0.00541. The van der Waals surface area contributed by atoms with Crippen molar-refractivity contribution < 1.29 is 19.1 Å². The number of carbonyl (C=O) groups excluding carboxylic acids is 2. The highest BCUT2D eigenvalue weighted by Gasteiger charge is 2.31. The summed E-state index contributed by atoms with van der Waals surface area (Å²) in [6.07, 6.45) is 1.17. The fraction of sp³-hybridized carbons (Fsp3) is 0.370. The number of hydrogen-bond acceptors (Lipinski definition) is 7. The second kappa shape index (κ2) is 8.89. The molecule has 186 valence electrons. The number of carbonyl (C=O) groups is 2. The van der Waals surface area contributed by atoms with E-state index in [9.17, 15) is 9.59 Å². The highest BCUT2D eigenvalue weighted by molar-refractivity contribution is 6.16. The fourth-order valence-corrected chi connectivity index (χ4v) is 4.63. The van der Waals surface area contributed by atoms with E-state index in [0.717, 1.165) is 28.1 Å². The first-order chi connectivity index (χ1) is 17.1.